The largest absolute Gasteiger partial charge is 0.441 e. The number of likely N-dealkylation sites (N-methyl/N-ethyl adjacent to an activating group) is 1. The summed E-state index contributed by atoms with van der Waals surface area (Å²) in [5, 5.41) is 0. The van der Waals surface area contributed by atoms with Crippen LogP contribution in [0.1, 0.15) is 11.1 Å². The molecule has 0 saturated heterocycles. The summed E-state index contributed by atoms with van der Waals surface area (Å²) in [7, 11) is 3.32. The molecule has 4 heteroatoms. The number of nitrogens with zero attached hydrogens (tertiary/aromatic N) is 1. The van der Waals surface area contributed by atoms with Gasteiger partial charge >= 0.3 is 5.97 Å². The molecule has 1 aliphatic rings. The number of esters is 1. The number of carbonyl (C=O) groups is 2. The lowest BCUT2D eigenvalue weighted by atomic mass is 9.80. The number of benzene rings is 2. The Labute approximate surface area is 135 Å². The summed E-state index contributed by atoms with van der Waals surface area (Å²) in [6.07, 6.45) is 1.29. The Kier molecular flexibility index (Phi) is 3.74. The zero-order valence-electron chi connectivity index (χ0n) is 13.0. The van der Waals surface area contributed by atoms with Crippen LogP contribution < -0.4 is 0 Å². The van der Waals surface area contributed by atoms with E-state index in [1.165, 1.54) is 11.0 Å². The Bertz CT molecular complexity index is 724. The Morgan fingerprint density at radius 3 is 1.83 bits per heavy atom. The van der Waals surface area contributed by atoms with Crippen molar-refractivity contribution in [2.75, 3.05) is 14.1 Å². The van der Waals surface area contributed by atoms with Crippen molar-refractivity contribution >= 4 is 11.9 Å². The maximum atomic E-state index is 12.7. The molecule has 0 aromatic heterocycles. The second kappa shape index (κ2) is 5.72. The van der Waals surface area contributed by atoms with E-state index in [1.807, 2.05) is 60.7 Å². The van der Waals surface area contributed by atoms with Crippen LogP contribution in [0.2, 0.25) is 0 Å². The second-order valence-corrected chi connectivity index (χ2v) is 5.59. The first-order valence-electron chi connectivity index (χ1n) is 7.33. The number of amides is 1. The van der Waals surface area contributed by atoms with Gasteiger partial charge in [-0.1, -0.05) is 60.7 Å². The molecule has 0 spiro atoms. The van der Waals surface area contributed by atoms with Gasteiger partial charge in [-0.3, -0.25) is 4.79 Å². The quantitative estimate of drug-likeness (QED) is 0.819. The lowest BCUT2D eigenvalue weighted by Gasteiger charge is -2.32. The van der Waals surface area contributed by atoms with Gasteiger partial charge in [0.05, 0.1) is 5.57 Å². The van der Waals surface area contributed by atoms with E-state index < -0.39 is 11.6 Å². The molecular formula is C19H17NO3. The second-order valence-electron chi connectivity index (χ2n) is 5.59. The minimum absolute atomic E-state index is 0.247. The highest BCUT2D eigenvalue weighted by Crippen LogP contribution is 2.44. The topological polar surface area (TPSA) is 46.6 Å². The molecule has 1 aliphatic heterocycles. The van der Waals surface area contributed by atoms with Crippen LogP contribution in [0.25, 0.3) is 0 Å². The molecule has 0 unspecified atom stereocenters. The molecule has 0 saturated carbocycles. The van der Waals surface area contributed by atoms with Crippen LogP contribution >= 0.6 is 0 Å². The van der Waals surface area contributed by atoms with E-state index in [1.54, 1.807) is 14.1 Å². The summed E-state index contributed by atoms with van der Waals surface area (Å²) < 4.78 is 5.73. The van der Waals surface area contributed by atoms with Crippen LogP contribution in [0.15, 0.2) is 72.3 Å². The molecule has 0 radical (unpaired) electrons. The normalized spacial score (nSPS) is 15.7. The number of carbonyl (C=O) groups excluding carboxylic acids is 2. The SMILES string of the molecule is CN(C)C(=O)C1=CC(=O)OC1(c1ccccc1)c1ccccc1. The van der Waals surface area contributed by atoms with Crippen molar-refractivity contribution in [1.29, 1.82) is 0 Å². The third-order valence-electron chi connectivity index (χ3n) is 3.89. The average molecular weight is 307 g/mol. The highest BCUT2D eigenvalue weighted by atomic mass is 16.6. The van der Waals surface area contributed by atoms with Gasteiger partial charge in [0.25, 0.3) is 5.91 Å². The highest BCUT2D eigenvalue weighted by molar-refractivity contribution is 6.05. The Morgan fingerprint density at radius 2 is 1.39 bits per heavy atom. The van der Waals surface area contributed by atoms with E-state index in [0.29, 0.717) is 5.57 Å². The van der Waals surface area contributed by atoms with Gasteiger partial charge in [-0.25, -0.2) is 4.79 Å². The molecule has 0 aliphatic carbocycles. The summed E-state index contributed by atoms with van der Waals surface area (Å²) >= 11 is 0. The van der Waals surface area contributed by atoms with Crippen LogP contribution in [0, 0.1) is 0 Å². The first kappa shape index (κ1) is 15.0. The summed E-state index contributed by atoms with van der Waals surface area (Å²) in [6.45, 7) is 0. The van der Waals surface area contributed by atoms with Crippen molar-refractivity contribution in [3.05, 3.63) is 83.4 Å². The Balaban J connectivity index is 2.27. The molecule has 2 aromatic rings. The molecule has 3 rings (SSSR count). The number of hydrogen-bond acceptors (Lipinski definition) is 3. The van der Waals surface area contributed by atoms with Gasteiger partial charge in [-0.15, -0.1) is 0 Å². The standard InChI is InChI=1S/C19H17NO3/c1-20(2)18(22)16-13-17(21)23-19(16,14-9-5-3-6-10-14)15-11-7-4-8-12-15/h3-13H,1-2H3. The zero-order chi connectivity index (χ0) is 16.4. The van der Waals surface area contributed by atoms with Crippen LogP contribution in [0.4, 0.5) is 0 Å². The fraction of sp³-hybridized carbons (Fsp3) is 0.158. The number of rotatable bonds is 3. The van der Waals surface area contributed by atoms with E-state index >= 15 is 0 Å². The summed E-state index contributed by atoms with van der Waals surface area (Å²) in [4.78, 5) is 26.2. The molecule has 4 nitrogen and oxygen atoms in total. The van der Waals surface area contributed by atoms with E-state index in [0.717, 1.165) is 11.1 Å². The molecular weight excluding hydrogens is 290 g/mol. The van der Waals surface area contributed by atoms with Crippen LogP contribution in [-0.4, -0.2) is 30.9 Å². The molecule has 0 fully saturated rings. The maximum absolute atomic E-state index is 12.7. The van der Waals surface area contributed by atoms with Gasteiger partial charge in [0.2, 0.25) is 0 Å². The Hall–Kier alpha value is -2.88. The molecule has 0 atom stereocenters. The number of ether oxygens (including phenoxy) is 1. The average Bonchev–Trinajstić information content (AvgIpc) is 2.94. The fourth-order valence-corrected chi connectivity index (χ4v) is 2.85. The summed E-state index contributed by atoms with van der Waals surface area (Å²) in [5.41, 5.74) is 0.614. The molecule has 1 heterocycles. The van der Waals surface area contributed by atoms with E-state index in [-0.39, 0.29) is 5.91 Å². The van der Waals surface area contributed by atoms with Gasteiger partial charge < -0.3 is 9.64 Å². The lowest BCUT2D eigenvalue weighted by molar-refractivity contribution is -0.144. The number of cyclic esters (lactones) is 1. The molecule has 1 amide bonds. The highest BCUT2D eigenvalue weighted by Gasteiger charge is 2.49. The predicted molar refractivity (Wildman–Crippen MR) is 86.5 cm³/mol. The molecule has 23 heavy (non-hydrogen) atoms. The fourth-order valence-electron chi connectivity index (χ4n) is 2.85. The molecule has 116 valence electrons. The van der Waals surface area contributed by atoms with Crippen molar-refractivity contribution in [1.82, 2.24) is 4.90 Å². The van der Waals surface area contributed by atoms with Crippen molar-refractivity contribution in [2.45, 2.75) is 5.60 Å². The monoisotopic (exact) mass is 307 g/mol. The van der Waals surface area contributed by atoms with E-state index in [9.17, 15) is 9.59 Å². The van der Waals surface area contributed by atoms with Gasteiger partial charge in [0, 0.05) is 31.3 Å². The summed E-state index contributed by atoms with van der Waals surface area (Å²) in [6, 6.07) is 18.7. The van der Waals surface area contributed by atoms with Crippen LogP contribution in [-0.2, 0) is 19.9 Å². The van der Waals surface area contributed by atoms with Crippen molar-refractivity contribution in [2.24, 2.45) is 0 Å². The first-order chi connectivity index (χ1) is 11.1. The predicted octanol–water partition coefficient (Wildman–Crippen LogP) is 2.50. The van der Waals surface area contributed by atoms with Gasteiger partial charge in [-0.2, -0.15) is 0 Å². The van der Waals surface area contributed by atoms with Gasteiger partial charge in [0.1, 0.15) is 0 Å². The third-order valence-corrected chi connectivity index (χ3v) is 3.89. The zero-order valence-corrected chi connectivity index (χ0v) is 13.0. The van der Waals surface area contributed by atoms with Crippen molar-refractivity contribution < 1.29 is 14.3 Å². The Morgan fingerprint density at radius 1 is 0.913 bits per heavy atom. The van der Waals surface area contributed by atoms with Crippen molar-refractivity contribution in [3.63, 3.8) is 0 Å². The maximum Gasteiger partial charge on any atom is 0.332 e. The van der Waals surface area contributed by atoms with Crippen LogP contribution in [0.3, 0.4) is 0 Å². The number of hydrogen-bond donors (Lipinski definition) is 0. The van der Waals surface area contributed by atoms with Gasteiger partial charge in [-0.05, 0) is 0 Å². The van der Waals surface area contributed by atoms with Crippen molar-refractivity contribution in [3.8, 4) is 0 Å². The minimum atomic E-state index is -1.21. The lowest BCUT2D eigenvalue weighted by Crippen LogP contribution is -2.38. The minimum Gasteiger partial charge on any atom is -0.441 e. The van der Waals surface area contributed by atoms with Crippen LogP contribution in [0.5, 0.6) is 0 Å². The third kappa shape index (κ3) is 2.42. The first-order valence-corrected chi connectivity index (χ1v) is 7.33. The van der Waals surface area contributed by atoms with E-state index in [4.69, 9.17) is 4.74 Å². The molecule has 0 N–H and O–H groups in total. The molecule has 2 aromatic carbocycles. The molecule has 0 bridgehead atoms. The summed E-state index contributed by atoms with van der Waals surface area (Å²) in [5.74, 6) is -0.758. The van der Waals surface area contributed by atoms with Gasteiger partial charge in [0.15, 0.2) is 5.60 Å². The smallest absolute Gasteiger partial charge is 0.332 e. The van der Waals surface area contributed by atoms with E-state index in [2.05, 4.69) is 0 Å².